The van der Waals surface area contributed by atoms with Crippen molar-refractivity contribution in [2.75, 3.05) is 26.7 Å². The van der Waals surface area contributed by atoms with Crippen molar-refractivity contribution >= 4 is 17.5 Å². The summed E-state index contributed by atoms with van der Waals surface area (Å²) in [7, 11) is 1.71. The van der Waals surface area contributed by atoms with Crippen LogP contribution in [0.25, 0.3) is 0 Å². The van der Waals surface area contributed by atoms with Crippen LogP contribution in [0.15, 0.2) is 72.8 Å². The molecule has 258 valence electrons. The minimum Gasteiger partial charge on any atom is -0.493 e. The Kier molecular flexibility index (Phi) is 9.91. The molecule has 0 radical (unpaired) electrons. The van der Waals surface area contributed by atoms with Crippen molar-refractivity contribution < 1.29 is 23.9 Å². The minimum absolute atomic E-state index is 0.0468. The highest BCUT2D eigenvalue weighted by Crippen LogP contribution is 2.64. The van der Waals surface area contributed by atoms with Gasteiger partial charge in [-0.3, -0.25) is 19.3 Å². The highest BCUT2D eigenvalue weighted by atomic mass is 16.5. The number of likely N-dealkylation sites (tertiary alicyclic amines) is 1. The lowest BCUT2D eigenvalue weighted by molar-refractivity contribution is -0.143. The van der Waals surface area contributed by atoms with E-state index in [1.165, 1.54) is 16.7 Å². The molecule has 2 bridgehead atoms. The zero-order valence-corrected chi connectivity index (χ0v) is 29.1. The molecule has 2 aliphatic carbocycles. The number of methoxy groups -OCH3 is 1. The molecule has 1 spiro atoms. The van der Waals surface area contributed by atoms with Gasteiger partial charge in [-0.25, -0.2) is 0 Å². The van der Waals surface area contributed by atoms with Crippen LogP contribution in [0.1, 0.15) is 91.8 Å². The van der Waals surface area contributed by atoms with E-state index in [-0.39, 0.29) is 41.1 Å². The standard InChI is InChI=1S/C42H50N2O5/c1-29(45)28-43-26-24-42-33-21-22-34(41(42)49-40-37(48-2)23-20-32(39(40)42)27-35(33)43)44(25-12-11-15-30-13-5-3-6-14-30)38(47)19-10-9-18-36(46)31-16-7-4-8-17-31/h3-8,13-14,16-17,20,23,33-35,41H,9-12,15,18-19,21-22,24-28H2,1-2H3/t33-,34-,35+,41-,42-/m0/s1. The van der Waals surface area contributed by atoms with Crippen molar-refractivity contribution in [3.8, 4) is 11.5 Å². The number of carbonyl (C=O) groups is 3. The number of piperidine rings is 1. The van der Waals surface area contributed by atoms with E-state index in [4.69, 9.17) is 9.47 Å². The van der Waals surface area contributed by atoms with E-state index >= 15 is 0 Å². The summed E-state index contributed by atoms with van der Waals surface area (Å²) in [6.45, 7) is 3.73. The van der Waals surface area contributed by atoms with Gasteiger partial charge in [0, 0.05) is 42.0 Å². The molecular weight excluding hydrogens is 612 g/mol. The summed E-state index contributed by atoms with van der Waals surface area (Å²) >= 11 is 0. The van der Waals surface area contributed by atoms with E-state index < -0.39 is 0 Å². The molecule has 2 aliphatic heterocycles. The van der Waals surface area contributed by atoms with Gasteiger partial charge < -0.3 is 14.4 Å². The van der Waals surface area contributed by atoms with E-state index in [1.54, 1.807) is 14.0 Å². The monoisotopic (exact) mass is 662 g/mol. The van der Waals surface area contributed by atoms with Gasteiger partial charge in [-0.1, -0.05) is 66.7 Å². The molecule has 1 amide bonds. The molecule has 1 saturated carbocycles. The van der Waals surface area contributed by atoms with Gasteiger partial charge in [0.25, 0.3) is 0 Å². The highest BCUT2D eigenvalue weighted by molar-refractivity contribution is 5.96. The van der Waals surface area contributed by atoms with Crippen molar-refractivity contribution in [3.63, 3.8) is 0 Å². The number of aryl methyl sites for hydroxylation is 1. The summed E-state index contributed by atoms with van der Waals surface area (Å²) in [5.74, 6) is 2.52. The molecule has 3 aromatic rings. The highest BCUT2D eigenvalue weighted by Gasteiger charge is 2.66. The molecule has 5 atom stereocenters. The number of hydrogen-bond acceptors (Lipinski definition) is 6. The lowest BCUT2D eigenvalue weighted by Gasteiger charge is -2.60. The smallest absolute Gasteiger partial charge is 0.222 e. The molecule has 7 nitrogen and oxygen atoms in total. The van der Waals surface area contributed by atoms with E-state index in [1.807, 2.05) is 42.5 Å². The molecule has 2 fully saturated rings. The largest absolute Gasteiger partial charge is 0.493 e. The summed E-state index contributed by atoms with van der Waals surface area (Å²) in [5.41, 5.74) is 4.46. The van der Waals surface area contributed by atoms with E-state index in [0.29, 0.717) is 44.7 Å². The second-order valence-electron chi connectivity index (χ2n) is 14.7. The molecule has 0 unspecified atom stereocenters. The lowest BCUT2D eigenvalue weighted by Crippen LogP contribution is -2.69. The normalized spacial score (nSPS) is 24.9. The van der Waals surface area contributed by atoms with Gasteiger partial charge in [-0.15, -0.1) is 0 Å². The molecule has 49 heavy (non-hydrogen) atoms. The number of hydrogen-bond donors (Lipinski definition) is 0. The Labute approximate surface area is 291 Å². The Morgan fingerprint density at radius 3 is 2.43 bits per heavy atom. The zero-order chi connectivity index (χ0) is 34.0. The first-order valence-electron chi connectivity index (χ1n) is 18.4. The van der Waals surface area contributed by atoms with Gasteiger partial charge in [0.1, 0.15) is 11.9 Å². The Morgan fingerprint density at radius 1 is 0.918 bits per heavy atom. The average molecular weight is 663 g/mol. The van der Waals surface area contributed by atoms with Crippen molar-refractivity contribution in [2.45, 2.75) is 101 Å². The van der Waals surface area contributed by atoms with Crippen molar-refractivity contribution in [1.82, 2.24) is 9.80 Å². The van der Waals surface area contributed by atoms with Gasteiger partial charge in [0.2, 0.25) is 5.91 Å². The van der Waals surface area contributed by atoms with Crippen LogP contribution in [0.2, 0.25) is 0 Å². The van der Waals surface area contributed by atoms with Crippen LogP contribution in [0, 0.1) is 5.92 Å². The summed E-state index contributed by atoms with van der Waals surface area (Å²) in [6.07, 6.45) is 8.71. The Hall–Kier alpha value is -3.97. The number of unbranched alkanes of at least 4 members (excludes halogenated alkanes) is 2. The number of carbonyl (C=O) groups excluding carboxylic acids is 3. The second kappa shape index (κ2) is 14.5. The fraction of sp³-hybridized carbons (Fsp3) is 0.500. The maximum absolute atomic E-state index is 14.3. The quantitative estimate of drug-likeness (QED) is 0.129. The van der Waals surface area contributed by atoms with Gasteiger partial charge in [-0.2, -0.15) is 0 Å². The van der Waals surface area contributed by atoms with Crippen LogP contribution in [0.5, 0.6) is 11.5 Å². The van der Waals surface area contributed by atoms with Gasteiger partial charge in [-0.05, 0) is 94.4 Å². The Balaban J connectivity index is 1.13. The third-order valence-electron chi connectivity index (χ3n) is 11.8. The Morgan fingerprint density at radius 2 is 1.67 bits per heavy atom. The SMILES string of the molecule is COc1ccc2c3c1O[C@H]1[C@@H](N(CCCCc4ccccc4)C(=O)CCCCC(=O)c4ccccc4)CC[C@H]4[C@@H](C2)N(CC(C)=O)CC[C@@]341. The molecule has 2 heterocycles. The van der Waals surface area contributed by atoms with Crippen molar-refractivity contribution in [1.29, 1.82) is 0 Å². The van der Waals surface area contributed by atoms with Gasteiger partial charge in [0.05, 0.1) is 19.7 Å². The summed E-state index contributed by atoms with van der Waals surface area (Å²) < 4.78 is 13.0. The molecule has 0 aromatic heterocycles. The number of rotatable bonds is 15. The van der Waals surface area contributed by atoms with Gasteiger partial charge in [0.15, 0.2) is 17.3 Å². The number of amides is 1. The first-order chi connectivity index (χ1) is 23.9. The zero-order valence-electron chi connectivity index (χ0n) is 29.1. The molecule has 3 aromatic carbocycles. The Bertz CT molecular complexity index is 1660. The summed E-state index contributed by atoms with van der Waals surface area (Å²) in [5, 5.41) is 0. The third-order valence-corrected chi connectivity index (χ3v) is 11.8. The first kappa shape index (κ1) is 33.5. The molecule has 0 N–H and O–H groups in total. The molecular formula is C42H50N2O5. The van der Waals surface area contributed by atoms with Crippen molar-refractivity contribution in [3.05, 3.63) is 95.1 Å². The fourth-order valence-electron chi connectivity index (χ4n) is 9.76. The van der Waals surface area contributed by atoms with Crippen LogP contribution in [-0.2, 0) is 27.8 Å². The minimum atomic E-state index is -0.205. The fourth-order valence-corrected chi connectivity index (χ4v) is 9.76. The number of benzene rings is 3. The van der Waals surface area contributed by atoms with Crippen molar-refractivity contribution in [2.24, 2.45) is 5.92 Å². The maximum atomic E-state index is 14.3. The summed E-state index contributed by atoms with van der Waals surface area (Å²) in [4.78, 5) is 44.0. The molecule has 7 rings (SSSR count). The molecule has 7 heteroatoms. The number of Topliss-reactive ketones (excluding diaryl/α,β-unsaturated/α-hetero) is 2. The predicted octanol–water partition coefficient (Wildman–Crippen LogP) is 6.99. The maximum Gasteiger partial charge on any atom is 0.222 e. The van der Waals surface area contributed by atoms with E-state index in [2.05, 4.69) is 40.1 Å². The topological polar surface area (TPSA) is 76.2 Å². The predicted molar refractivity (Wildman–Crippen MR) is 190 cm³/mol. The average Bonchev–Trinajstić information content (AvgIpc) is 3.47. The van der Waals surface area contributed by atoms with Crippen LogP contribution in [0.3, 0.4) is 0 Å². The van der Waals surface area contributed by atoms with E-state index in [0.717, 1.165) is 68.6 Å². The molecule has 1 saturated heterocycles. The molecule has 4 aliphatic rings. The van der Waals surface area contributed by atoms with E-state index in [9.17, 15) is 14.4 Å². The van der Waals surface area contributed by atoms with Crippen LogP contribution in [0.4, 0.5) is 0 Å². The second-order valence-corrected chi connectivity index (χ2v) is 14.7. The lowest BCUT2D eigenvalue weighted by atomic mass is 9.51. The first-order valence-corrected chi connectivity index (χ1v) is 18.4. The third kappa shape index (κ3) is 6.42. The van der Waals surface area contributed by atoms with Crippen LogP contribution >= 0.6 is 0 Å². The summed E-state index contributed by atoms with van der Waals surface area (Å²) in [6, 6.07) is 24.5. The van der Waals surface area contributed by atoms with Gasteiger partial charge >= 0.3 is 0 Å². The number of ketones is 2. The van der Waals surface area contributed by atoms with Crippen LogP contribution < -0.4 is 9.47 Å². The van der Waals surface area contributed by atoms with Crippen LogP contribution in [-0.4, -0.2) is 72.2 Å². The number of nitrogens with zero attached hydrogens (tertiary/aromatic N) is 2. The number of ether oxygens (including phenoxy) is 2.